The Hall–Kier alpha value is -1.34. The van der Waals surface area contributed by atoms with Crippen LogP contribution in [0.25, 0.3) is 0 Å². The van der Waals surface area contributed by atoms with E-state index in [4.69, 9.17) is 4.74 Å². The first kappa shape index (κ1) is 16.7. The van der Waals surface area contributed by atoms with Crippen molar-refractivity contribution in [3.05, 3.63) is 24.0 Å². The van der Waals surface area contributed by atoms with E-state index in [1.54, 1.807) is 12.3 Å². The molecule has 0 aliphatic heterocycles. The highest BCUT2D eigenvalue weighted by Gasteiger charge is 2.27. The van der Waals surface area contributed by atoms with E-state index in [-0.39, 0.29) is 6.61 Å². The normalized spacial score (nSPS) is 11.6. The molecule has 0 unspecified atom stereocenters. The van der Waals surface area contributed by atoms with Crippen molar-refractivity contribution in [3.63, 3.8) is 0 Å². The lowest BCUT2D eigenvalue weighted by molar-refractivity contribution is -0.174. The largest absolute Gasteiger partial charge is 0.492 e. The number of nitrogens with one attached hydrogen (secondary N) is 1. The van der Waals surface area contributed by atoms with E-state index in [2.05, 4.69) is 15.0 Å². The van der Waals surface area contributed by atoms with Gasteiger partial charge < -0.3 is 14.8 Å². The second kappa shape index (κ2) is 8.76. The van der Waals surface area contributed by atoms with Crippen LogP contribution in [-0.4, -0.2) is 37.5 Å². The molecule has 0 saturated heterocycles. The zero-order valence-corrected chi connectivity index (χ0v) is 11.4. The van der Waals surface area contributed by atoms with Gasteiger partial charge in [0.1, 0.15) is 12.4 Å². The highest BCUT2D eigenvalue weighted by molar-refractivity contribution is 5.19. The average molecular weight is 292 g/mol. The van der Waals surface area contributed by atoms with Gasteiger partial charge in [0.2, 0.25) is 0 Å². The van der Waals surface area contributed by atoms with Crippen LogP contribution in [0.2, 0.25) is 0 Å². The Morgan fingerprint density at radius 2 is 2.05 bits per heavy atom. The van der Waals surface area contributed by atoms with Crippen LogP contribution in [0.4, 0.5) is 13.2 Å². The summed E-state index contributed by atoms with van der Waals surface area (Å²) in [6.07, 6.45) is -2.27. The molecule has 1 N–H and O–H groups in total. The zero-order valence-electron chi connectivity index (χ0n) is 11.4. The molecule has 1 rings (SSSR count). The van der Waals surface area contributed by atoms with Gasteiger partial charge in [-0.3, -0.25) is 4.98 Å². The number of rotatable bonds is 9. The summed E-state index contributed by atoms with van der Waals surface area (Å²) in [5, 5.41) is 3.15. The SMILES string of the molecule is CCNCc1ccc(OCCCOCC(F)(F)F)cn1. The average Bonchev–Trinajstić information content (AvgIpc) is 2.40. The second-order valence-corrected chi connectivity index (χ2v) is 4.14. The molecule has 0 atom stereocenters. The molecule has 0 aromatic carbocycles. The van der Waals surface area contributed by atoms with Crippen LogP contribution in [0.1, 0.15) is 19.0 Å². The summed E-state index contributed by atoms with van der Waals surface area (Å²) < 4.78 is 45.2. The first-order valence-corrected chi connectivity index (χ1v) is 6.44. The molecule has 0 aliphatic rings. The van der Waals surface area contributed by atoms with E-state index < -0.39 is 12.8 Å². The molecule has 4 nitrogen and oxygen atoms in total. The molecular formula is C13H19F3N2O2. The summed E-state index contributed by atoms with van der Waals surface area (Å²) in [5.74, 6) is 0.598. The molecule has 114 valence electrons. The van der Waals surface area contributed by atoms with E-state index >= 15 is 0 Å². The van der Waals surface area contributed by atoms with Crippen molar-refractivity contribution in [2.45, 2.75) is 26.1 Å². The summed E-state index contributed by atoms with van der Waals surface area (Å²) in [4.78, 5) is 4.20. The summed E-state index contributed by atoms with van der Waals surface area (Å²) in [6.45, 7) is 2.68. The van der Waals surface area contributed by atoms with Crippen molar-refractivity contribution in [1.82, 2.24) is 10.3 Å². The number of pyridine rings is 1. The van der Waals surface area contributed by atoms with Gasteiger partial charge in [-0.2, -0.15) is 13.2 Å². The third-order valence-electron chi connectivity index (χ3n) is 2.32. The zero-order chi connectivity index (χ0) is 14.8. The minimum absolute atomic E-state index is 0.0193. The molecule has 1 heterocycles. The van der Waals surface area contributed by atoms with Gasteiger partial charge in [-0.25, -0.2) is 0 Å². The Morgan fingerprint density at radius 3 is 2.65 bits per heavy atom. The quantitative estimate of drug-likeness (QED) is 0.710. The maximum Gasteiger partial charge on any atom is 0.411 e. The number of hydrogen-bond acceptors (Lipinski definition) is 4. The first-order chi connectivity index (χ1) is 9.51. The number of alkyl halides is 3. The molecule has 0 radical (unpaired) electrons. The van der Waals surface area contributed by atoms with Crippen molar-refractivity contribution < 1.29 is 22.6 Å². The van der Waals surface area contributed by atoms with Gasteiger partial charge >= 0.3 is 6.18 Å². The van der Waals surface area contributed by atoms with E-state index in [1.807, 2.05) is 13.0 Å². The molecule has 0 spiro atoms. The summed E-state index contributed by atoms with van der Waals surface area (Å²) in [7, 11) is 0. The highest BCUT2D eigenvalue weighted by Crippen LogP contribution is 2.14. The summed E-state index contributed by atoms with van der Waals surface area (Å²) in [6, 6.07) is 3.63. The Bertz CT molecular complexity index is 369. The molecule has 20 heavy (non-hydrogen) atoms. The fraction of sp³-hybridized carbons (Fsp3) is 0.615. The number of halogens is 3. The Kier molecular flexibility index (Phi) is 7.32. The Labute approximate surface area is 116 Å². The molecule has 0 bridgehead atoms. The van der Waals surface area contributed by atoms with Gasteiger partial charge in [0.25, 0.3) is 0 Å². The van der Waals surface area contributed by atoms with E-state index in [0.29, 0.717) is 25.3 Å². The van der Waals surface area contributed by atoms with Crippen LogP contribution in [0.5, 0.6) is 5.75 Å². The number of aromatic nitrogens is 1. The second-order valence-electron chi connectivity index (χ2n) is 4.14. The Morgan fingerprint density at radius 1 is 1.25 bits per heavy atom. The van der Waals surface area contributed by atoms with Crippen molar-refractivity contribution in [3.8, 4) is 5.75 Å². The lowest BCUT2D eigenvalue weighted by atomic mass is 10.3. The predicted octanol–water partition coefficient (Wildman–Crippen LogP) is 2.54. The van der Waals surface area contributed by atoms with E-state index in [0.717, 1.165) is 12.2 Å². The monoisotopic (exact) mass is 292 g/mol. The van der Waals surface area contributed by atoms with Crippen LogP contribution in [0, 0.1) is 0 Å². The topological polar surface area (TPSA) is 43.4 Å². The van der Waals surface area contributed by atoms with Crippen LogP contribution in [0.3, 0.4) is 0 Å². The lowest BCUT2D eigenvalue weighted by Crippen LogP contribution is -2.18. The van der Waals surface area contributed by atoms with Gasteiger partial charge in [-0.15, -0.1) is 0 Å². The van der Waals surface area contributed by atoms with Gasteiger partial charge in [0.05, 0.1) is 25.1 Å². The molecular weight excluding hydrogens is 273 g/mol. The summed E-state index contributed by atoms with van der Waals surface area (Å²) in [5.41, 5.74) is 0.910. The molecule has 7 heteroatoms. The van der Waals surface area contributed by atoms with Crippen molar-refractivity contribution in [1.29, 1.82) is 0 Å². The fourth-order valence-corrected chi connectivity index (χ4v) is 1.39. The van der Waals surface area contributed by atoms with E-state index in [1.165, 1.54) is 0 Å². The minimum atomic E-state index is -4.27. The standard InChI is InChI=1S/C13H19F3N2O2/c1-2-17-8-11-4-5-12(9-18-11)20-7-3-6-19-10-13(14,15)16/h4-5,9,17H,2-3,6-8,10H2,1H3. The maximum atomic E-state index is 11.8. The first-order valence-electron chi connectivity index (χ1n) is 6.44. The van der Waals surface area contributed by atoms with Gasteiger partial charge in [0.15, 0.2) is 0 Å². The minimum Gasteiger partial charge on any atom is -0.492 e. The Balaban J connectivity index is 2.13. The fourth-order valence-electron chi connectivity index (χ4n) is 1.39. The smallest absolute Gasteiger partial charge is 0.411 e. The van der Waals surface area contributed by atoms with Gasteiger partial charge in [-0.05, 0) is 18.7 Å². The van der Waals surface area contributed by atoms with Gasteiger partial charge in [0, 0.05) is 13.0 Å². The van der Waals surface area contributed by atoms with Crippen molar-refractivity contribution in [2.24, 2.45) is 0 Å². The van der Waals surface area contributed by atoms with Crippen molar-refractivity contribution >= 4 is 0 Å². The summed E-state index contributed by atoms with van der Waals surface area (Å²) >= 11 is 0. The van der Waals surface area contributed by atoms with Crippen molar-refractivity contribution in [2.75, 3.05) is 26.4 Å². The molecule has 1 aromatic rings. The lowest BCUT2D eigenvalue weighted by Gasteiger charge is -2.09. The highest BCUT2D eigenvalue weighted by atomic mass is 19.4. The maximum absolute atomic E-state index is 11.8. The van der Waals surface area contributed by atoms with Crippen LogP contribution >= 0.6 is 0 Å². The molecule has 0 fully saturated rings. The molecule has 0 saturated carbocycles. The van der Waals surface area contributed by atoms with Crippen LogP contribution in [-0.2, 0) is 11.3 Å². The van der Waals surface area contributed by atoms with E-state index in [9.17, 15) is 13.2 Å². The third kappa shape index (κ3) is 7.96. The predicted molar refractivity (Wildman–Crippen MR) is 68.6 cm³/mol. The van der Waals surface area contributed by atoms with Crippen LogP contribution < -0.4 is 10.1 Å². The molecule has 1 aromatic heterocycles. The number of ether oxygens (including phenoxy) is 2. The molecule has 0 aliphatic carbocycles. The van der Waals surface area contributed by atoms with Gasteiger partial charge in [-0.1, -0.05) is 6.92 Å². The van der Waals surface area contributed by atoms with Crippen LogP contribution in [0.15, 0.2) is 18.3 Å². The number of hydrogen-bond donors (Lipinski definition) is 1. The number of nitrogens with zero attached hydrogens (tertiary/aromatic N) is 1. The third-order valence-corrected chi connectivity index (χ3v) is 2.32. The molecule has 0 amide bonds.